The van der Waals surface area contributed by atoms with Crippen molar-refractivity contribution in [2.75, 3.05) is 7.11 Å². The van der Waals surface area contributed by atoms with Gasteiger partial charge in [0.15, 0.2) is 0 Å². The van der Waals surface area contributed by atoms with Crippen molar-refractivity contribution >= 4 is 23.5 Å². The van der Waals surface area contributed by atoms with Crippen LogP contribution in [0.2, 0.25) is 5.02 Å². The maximum Gasteiger partial charge on any atom is 0.307 e. The van der Waals surface area contributed by atoms with E-state index in [4.69, 9.17) is 20.8 Å². The van der Waals surface area contributed by atoms with Gasteiger partial charge in [-0.25, -0.2) is 0 Å². The maximum absolute atomic E-state index is 12.1. The summed E-state index contributed by atoms with van der Waals surface area (Å²) in [5.74, 6) is 0.192. The number of aryl methyl sites for hydroxylation is 1. The van der Waals surface area contributed by atoms with Gasteiger partial charge in [-0.3, -0.25) is 9.59 Å². The zero-order chi connectivity index (χ0) is 16.7. The first kappa shape index (κ1) is 17.1. The van der Waals surface area contributed by atoms with Gasteiger partial charge in [0.1, 0.15) is 5.76 Å². The minimum Gasteiger partial charge on any atom is -0.469 e. The minimum absolute atomic E-state index is 0.0601. The summed E-state index contributed by atoms with van der Waals surface area (Å²) in [5, 5.41) is 3.45. The SMILES string of the molecule is COC(=O)CC(NC(=O)CCc1ccco1)c1ccc(Cl)cc1. The Morgan fingerprint density at radius 2 is 2.00 bits per heavy atom. The minimum atomic E-state index is -0.455. The van der Waals surface area contributed by atoms with Gasteiger partial charge in [0, 0.05) is 17.9 Å². The molecule has 0 aliphatic heterocycles. The molecular formula is C17H18ClNO4. The van der Waals surface area contributed by atoms with Crippen LogP contribution in [0.5, 0.6) is 0 Å². The number of carbonyl (C=O) groups is 2. The van der Waals surface area contributed by atoms with E-state index >= 15 is 0 Å². The molecule has 0 saturated heterocycles. The number of carbonyl (C=O) groups excluding carboxylic acids is 2. The smallest absolute Gasteiger partial charge is 0.307 e. The number of furan rings is 1. The van der Waals surface area contributed by atoms with Gasteiger partial charge in [0.2, 0.25) is 5.91 Å². The number of hydrogen-bond acceptors (Lipinski definition) is 4. The summed E-state index contributed by atoms with van der Waals surface area (Å²) in [4.78, 5) is 23.7. The monoisotopic (exact) mass is 335 g/mol. The van der Waals surface area contributed by atoms with Crippen molar-refractivity contribution in [3.8, 4) is 0 Å². The fraction of sp³-hybridized carbons (Fsp3) is 0.294. The van der Waals surface area contributed by atoms with Crippen molar-refractivity contribution in [2.45, 2.75) is 25.3 Å². The number of halogens is 1. The molecule has 0 bridgehead atoms. The van der Waals surface area contributed by atoms with Gasteiger partial charge >= 0.3 is 5.97 Å². The molecule has 1 heterocycles. The Morgan fingerprint density at radius 3 is 2.61 bits per heavy atom. The normalized spacial score (nSPS) is 11.7. The molecule has 122 valence electrons. The van der Waals surface area contributed by atoms with Crippen LogP contribution in [0.4, 0.5) is 0 Å². The Balaban J connectivity index is 1.99. The largest absolute Gasteiger partial charge is 0.469 e. The van der Waals surface area contributed by atoms with Crippen molar-refractivity contribution in [2.24, 2.45) is 0 Å². The molecule has 1 atom stereocenters. The second-order valence-electron chi connectivity index (χ2n) is 5.03. The molecule has 1 aromatic carbocycles. The molecular weight excluding hydrogens is 318 g/mol. The summed E-state index contributed by atoms with van der Waals surface area (Å²) in [7, 11) is 1.32. The first-order valence-corrected chi connectivity index (χ1v) is 7.60. The van der Waals surface area contributed by atoms with E-state index in [1.807, 2.05) is 6.07 Å². The highest BCUT2D eigenvalue weighted by atomic mass is 35.5. The second kappa shape index (κ2) is 8.39. The summed E-state index contributed by atoms with van der Waals surface area (Å²) < 4.78 is 9.89. The van der Waals surface area contributed by atoms with Gasteiger partial charge < -0.3 is 14.5 Å². The Bertz CT molecular complexity index is 637. The van der Waals surface area contributed by atoms with E-state index in [9.17, 15) is 9.59 Å². The van der Waals surface area contributed by atoms with Crippen LogP contribution in [0.3, 0.4) is 0 Å². The summed E-state index contributed by atoms with van der Waals surface area (Å²) in [5.41, 5.74) is 0.797. The average Bonchev–Trinajstić information content (AvgIpc) is 3.06. The Labute approximate surface area is 139 Å². The summed E-state index contributed by atoms with van der Waals surface area (Å²) in [6.45, 7) is 0. The van der Waals surface area contributed by atoms with Gasteiger partial charge in [0.05, 0.1) is 25.8 Å². The third kappa shape index (κ3) is 5.45. The highest BCUT2D eigenvalue weighted by molar-refractivity contribution is 6.30. The van der Waals surface area contributed by atoms with Crippen LogP contribution < -0.4 is 5.32 Å². The molecule has 0 saturated carbocycles. The lowest BCUT2D eigenvalue weighted by Gasteiger charge is -2.18. The molecule has 5 nitrogen and oxygen atoms in total. The van der Waals surface area contributed by atoms with Crippen LogP contribution in [0, 0.1) is 0 Å². The molecule has 2 aromatic rings. The van der Waals surface area contributed by atoms with Gasteiger partial charge in [-0.2, -0.15) is 0 Å². The first-order valence-electron chi connectivity index (χ1n) is 7.22. The molecule has 1 N–H and O–H groups in total. The molecule has 0 aliphatic carbocycles. The molecule has 0 spiro atoms. The molecule has 0 fully saturated rings. The first-order chi connectivity index (χ1) is 11.1. The van der Waals surface area contributed by atoms with Crippen molar-refractivity contribution in [1.29, 1.82) is 0 Å². The maximum atomic E-state index is 12.1. The Morgan fingerprint density at radius 1 is 1.26 bits per heavy atom. The topological polar surface area (TPSA) is 68.5 Å². The molecule has 23 heavy (non-hydrogen) atoms. The van der Waals surface area contributed by atoms with Crippen molar-refractivity contribution in [3.05, 3.63) is 59.0 Å². The van der Waals surface area contributed by atoms with Crippen LogP contribution in [0.25, 0.3) is 0 Å². The fourth-order valence-electron chi connectivity index (χ4n) is 2.16. The summed E-state index contributed by atoms with van der Waals surface area (Å²) in [6.07, 6.45) is 2.41. The van der Waals surface area contributed by atoms with Crippen LogP contribution in [0.1, 0.15) is 30.2 Å². The number of nitrogens with one attached hydrogen (secondary N) is 1. The molecule has 0 radical (unpaired) electrons. The number of amides is 1. The Hall–Kier alpha value is -2.27. The lowest BCUT2D eigenvalue weighted by atomic mass is 10.0. The van der Waals surface area contributed by atoms with E-state index in [1.54, 1.807) is 36.6 Å². The number of ether oxygens (including phenoxy) is 1. The number of esters is 1. The van der Waals surface area contributed by atoms with E-state index < -0.39 is 12.0 Å². The van der Waals surface area contributed by atoms with Crippen LogP contribution in [-0.4, -0.2) is 19.0 Å². The number of hydrogen-bond donors (Lipinski definition) is 1. The van der Waals surface area contributed by atoms with Gasteiger partial charge in [-0.1, -0.05) is 23.7 Å². The highest BCUT2D eigenvalue weighted by Gasteiger charge is 2.19. The van der Waals surface area contributed by atoms with Crippen LogP contribution >= 0.6 is 11.6 Å². The predicted molar refractivity (Wildman–Crippen MR) is 86.0 cm³/mol. The van der Waals surface area contributed by atoms with Crippen LogP contribution in [-0.2, 0) is 20.7 Å². The summed E-state index contributed by atoms with van der Waals surface area (Å²) in [6, 6.07) is 10.1. The van der Waals surface area contributed by atoms with E-state index in [0.29, 0.717) is 11.4 Å². The quantitative estimate of drug-likeness (QED) is 0.788. The lowest BCUT2D eigenvalue weighted by Crippen LogP contribution is -2.30. The molecule has 1 unspecified atom stereocenters. The van der Waals surface area contributed by atoms with Crippen molar-refractivity contribution < 1.29 is 18.7 Å². The fourth-order valence-corrected chi connectivity index (χ4v) is 2.28. The van der Waals surface area contributed by atoms with E-state index in [1.165, 1.54) is 7.11 Å². The van der Waals surface area contributed by atoms with Crippen LogP contribution in [0.15, 0.2) is 47.1 Å². The van der Waals surface area contributed by atoms with Crippen molar-refractivity contribution in [1.82, 2.24) is 5.32 Å². The number of benzene rings is 1. The molecule has 6 heteroatoms. The van der Waals surface area contributed by atoms with Gasteiger partial charge in [-0.15, -0.1) is 0 Å². The zero-order valence-corrected chi connectivity index (χ0v) is 13.5. The lowest BCUT2D eigenvalue weighted by molar-refractivity contribution is -0.141. The predicted octanol–water partition coefficient (Wildman–Crippen LogP) is 3.29. The van der Waals surface area contributed by atoms with E-state index in [2.05, 4.69) is 5.32 Å². The second-order valence-corrected chi connectivity index (χ2v) is 5.47. The Kier molecular flexibility index (Phi) is 6.23. The van der Waals surface area contributed by atoms with E-state index in [0.717, 1.165) is 11.3 Å². The molecule has 0 aliphatic rings. The molecule has 1 aromatic heterocycles. The third-order valence-corrected chi connectivity index (χ3v) is 3.64. The average molecular weight is 336 g/mol. The summed E-state index contributed by atoms with van der Waals surface area (Å²) >= 11 is 5.87. The molecule has 2 rings (SSSR count). The third-order valence-electron chi connectivity index (χ3n) is 3.38. The van der Waals surface area contributed by atoms with Gasteiger partial charge in [0.25, 0.3) is 0 Å². The molecule has 1 amide bonds. The zero-order valence-electron chi connectivity index (χ0n) is 12.8. The van der Waals surface area contributed by atoms with Gasteiger partial charge in [-0.05, 0) is 29.8 Å². The van der Waals surface area contributed by atoms with E-state index in [-0.39, 0.29) is 18.7 Å². The highest BCUT2D eigenvalue weighted by Crippen LogP contribution is 2.20. The number of methoxy groups -OCH3 is 1. The van der Waals surface area contributed by atoms with Crippen molar-refractivity contribution in [3.63, 3.8) is 0 Å². The number of rotatable bonds is 7. The standard InChI is InChI=1S/C17H18ClNO4/c1-22-17(21)11-15(12-4-6-13(18)7-5-12)19-16(20)9-8-14-3-2-10-23-14/h2-7,10,15H,8-9,11H2,1H3,(H,19,20).